The van der Waals surface area contributed by atoms with Crippen LogP contribution >= 0.6 is 0 Å². The third-order valence-electron chi connectivity index (χ3n) is 5.70. The highest BCUT2D eigenvalue weighted by atomic mass is 16.5. The molecule has 1 aromatic rings. The largest absolute Gasteiger partial charge is 0.381 e. The van der Waals surface area contributed by atoms with E-state index in [9.17, 15) is 4.79 Å². The fourth-order valence-corrected chi connectivity index (χ4v) is 4.31. The fraction of sp³-hybridized carbons (Fsp3) is 0.667. The summed E-state index contributed by atoms with van der Waals surface area (Å²) in [5.74, 6) is 0.454. The number of hydrogen-bond donors (Lipinski definition) is 1. The molecule has 2 aliphatic rings. The van der Waals surface area contributed by atoms with Gasteiger partial charge in [-0.3, -0.25) is 4.79 Å². The van der Waals surface area contributed by atoms with Crippen LogP contribution in [0.1, 0.15) is 67.9 Å². The standard InChI is InChI=1S/C21H32N2O2/c1-16-13-19(17(2)23(16)20-8-4-3-5-9-20)10-11-21(24)22-14-18-7-6-12-25-15-18/h10-11,13,18,20H,3-9,12,14-15H2,1-2H3,(H,22,24)/b11-10-/t18-/m1/s1. The van der Waals surface area contributed by atoms with Crippen LogP contribution in [0.25, 0.3) is 6.08 Å². The van der Waals surface area contributed by atoms with Gasteiger partial charge in [0, 0.05) is 36.7 Å². The first-order valence-electron chi connectivity index (χ1n) is 9.87. The van der Waals surface area contributed by atoms with Crippen molar-refractivity contribution in [3.63, 3.8) is 0 Å². The van der Waals surface area contributed by atoms with Gasteiger partial charge < -0.3 is 14.6 Å². The third-order valence-corrected chi connectivity index (χ3v) is 5.70. The Labute approximate surface area is 151 Å². The number of hydrogen-bond acceptors (Lipinski definition) is 2. The van der Waals surface area contributed by atoms with E-state index in [1.165, 1.54) is 49.1 Å². The highest BCUT2D eigenvalue weighted by Gasteiger charge is 2.19. The molecular weight excluding hydrogens is 312 g/mol. The number of nitrogens with one attached hydrogen (secondary N) is 1. The van der Waals surface area contributed by atoms with Gasteiger partial charge in [0.25, 0.3) is 0 Å². The van der Waals surface area contributed by atoms with Crippen LogP contribution in [0.15, 0.2) is 12.1 Å². The Morgan fingerprint density at radius 3 is 2.76 bits per heavy atom. The summed E-state index contributed by atoms with van der Waals surface area (Å²) < 4.78 is 7.94. The Morgan fingerprint density at radius 2 is 2.04 bits per heavy atom. The lowest BCUT2D eigenvalue weighted by molar-refractivity contribution is -0.116. The van der Waals surface area contributed by atoms with Crippen molar-refractivity contribution in [2.24, 2.45) is 5.92 Å². The van der Waals surface area contributed by atoms with Crippen LogP contribution < -0.4 is 5.32 Å². The van der Waals surface area contributed by atoms with Crippen molar-refractivity contribution in [3.05, 3.63) is 29.1 Å². The van der Waals surface area contributed by atoms with Gasteiger partial charge in [-0.15, -0.1) is 0 Å². The second-order valence-electron chi connectivity index (χ2n) is 7.65. The summed E-state index contributed by atoms with van der Waals surface area (Å²) in [6.07, 6.45) is 12.5. The number of amides is 1. The van der Waals surface area contributed by atoms with E-state index in [1.54, 1.807) is 6.08 Å². The van der Waals surface area contributed by atoms with Crippen molar-refractivity contribution < 1.29 is 9.53 Å². The SMILES string of the molecule is Cc1cc(/C=C\C(=O)NC[C@H]2CCCOC2)c(C)n1C1CCCCC1. The molecule has 0 radical (unpaired) electrons. The molecule has 138 valence electrons. The molecule has 1 amide bonds. The van der Waals surface area contributed by atoms with Gasteiger partial charge in [0.1, 0.15) is 0 Å². The first-order chi connectivity index (χ1) is 12.1. The minimum atomic E-state index is -0.00644. The zero-order chi connectivity index (χ0) is 17.6. The minimum Gasteiger partial charge on any atom is -0.381 e. The van der Waals surface area contributed by atoms with Crippen molar-refractivity contribution >= 4 is 12.0 Å². The summed E-state index contributed by atoms with van der Waals surface area (Å²) in [5.41, 5.74) is 3.76. The van der Waals surface area contributed by atoms with Crippen molar-refractivity contribution in [1.82, 2.24) is 9.88 Å². The van der Waals surface area contributed by atoms with E-state index in [2.05, 4.69) is 29.8 Å². The number of nitrogens with zero attached hydrogens (tertiary/aromatic N) is 1. The van der Waals surface area contributed by atoms with Gasteiger partial charge in [0.2, 0.25) is 5.91 Å². The van der Waals surface area contributed by atoms with Gasteiger partial charge in [-0.25, -0.2) is 0 Å². The maximum absolute atomic E-state index is 12.1. The Kier molecular flexibility index (Phi) is 6.35. The third kappa shape index (κ3) is 4.75. The summed E-state index contributed by atoms with van der Waals surface area (Å²) in [5, 5.41) is 3.01. The smallest absolute Gasteiger partial charge is 0.244 e. The quantitative estimate of drug-likeness (QED) is 0.815. The fourth-order valence-electron chi connectivity index (χ4n) is 4.31. The topological polar surface area (TPSA) is 43.3 Å². The van der Waals surface area contributed by atoms with E-state index in [0.717, 1.165) is 26.1 Å². The monoisotopic (exact) mass is 344 g/mol. The van der Waals surface area contributed by atoms with Gasteiger partial charge in [-0.2, -0.15) is 0 Å². The summed E-state index contributed by atoms with van der Waals surface area (Å²) in [7, 11) is 0. The first kappa shape index (κ1) is 18.2. The van der Waals surface area contributed by atoms with E-state index in [0.29, 0.717) is 18.5 Å². The first-order valence-corrected chi connectivity index (χ1v) is 9.87. The number of aryl methyl sites for hydroxylation is 1. The van der Waals surface area contributed by atoms with E-state index >= 15 is 0 Å². The highest BCUT2D eigenvalue weighted by molar-refractivity contribution is 5.91. The molecule has 0 spiro atoms. The number of rotatable bonds is 5. The minimum absolute atomic E-state index is 0.00644. The van der Waals surface area contributed by atoms with E-state index in [-0.39, 0.29) is 5.91 Å². The molecule has 1 N–H and O–H groups in total. The lowest BCUT2D eigenvalue weighted by Gasteiger charge is -2.26. The number of carbonyl (C=O) groups is 1. The summed E-state index contributed by atoms with van der Waals surface area (Å²) in [6.45, 7) is 6.71. The summed E-state index contributed by atoms with van der Waals surface area (Å²) in [4.78, 5) is 12.1. The zero-order valence-electron chi connectivity index (χ0n) is 15.7. The Bertz CT molecular complexity index is 606. The van der Waals surface area contributed by atoms with E-state index in [1.807, 2.05) is 6.08 Å². The maximum atomic E-state index is 12.1. The highest BCUT2D eigenvalue weighted by Crippen LogP contribution is 2.32. The number of aromatic nitrogens is 1. The number of carbonyl (C=O) groups excluding carboxylic acids is 1. The molecule has 1 atom stereocenters. The van der Waals surface area contributed by atoms with Gasteiger partial charge in [-0.05, 0) is 63.2 Å². The van der Waals surface area contributed by atoms with Crippen LogP contribution in [0.4, 0.5) is 0 Å². The number of ether oxygens (including phenoxy) is 1. The Morgan fingerprint density at radius 1 is 1.24 bits per heavy atom. The van der Waals surface area contributed by atoms with Crippen LogP contribution in [0.2, 0.25) is 0 Å². The predicted molar refractivity (Wildman–Crippen MR) is 102 cm³/mol. The van der Waals surface area contributed by atoms with Crippen molar-refractivity contribution in [2.45, 2.75) is 64.8 Å². The molecule has 4 heteroatoms. The van der Waals surface area contributed by atoms with Crippen LogP contribution in [0, 0.1) is 19.8 Å². The van der Waals surface area contributed by atoms with Gasteiger partial charge in [-0.1, -0.05) is 19.3 Å². The summed E-state index contributed by atoms with van der Waals surface area (Å²) in [6, 6.07) is 2.85. The molecule has 0 bridgehead atoms. The second kappa shape index (κ2) is 8.70. The van der Waals surface area contributed by atoms with Crippen molar-refractivity contribution in [3.8, 4) is 0 Å². The lowest BCUT2D eigenvalue weighted by Crippen LogP contribution is -2.32. The molecule has 2 heterocycles. The molecule has 1 saturated carbocycles. The average Bonchev–Trinajstić information content (AvgIpc) is 2.93. The normalized spacial score (nSPS) is 22.4. The molecule has 1 saturated heterocycles. The van der Waals surface area contributed by atoms with Gasteiger partial charge in [0.05, 0.1) is 6.61 Å². The van der Waals surface area contributed by atoms with Gasteiger partial charge >= 0.3 is 0 Å². The molecule has 1 aliphatic carbocycles. The van der Waals surface area contributed by atoms with E-state index in [4.69, 9.17) is 4.74 Å². The molecule has 1 aromatic heterocycles. The Balaban J connectivity index is 1.58. The molecule has 0 aromatic carbocycles. The van der Waals surface area contributed by atoms with Crippen LogP contribution in [-0.4, -0.2) is 30.2 Å². The molecule has 25 heavy (non-hydrogen) atoms. The molecule has 3 rings (SSSR count). The van der Waals surface area contributed by atoms with Gasteiger partial charge in [0.15, 0.2) is 0 Å². The van der Waals surface area contributed by atoms with Crippen molar-refractivity contribution in [2.75, 3.05) is 19.8 Å². The zero-order valence-corrected chi connectivity index (χ0v) is 15.7. The Hall–Kier alpha value is -1.55. The average molecular weight is 344 g/mol. The van der Waals surface area contributed by atoms with Crippen LogP contribution in [0.3, 0.4) is 0 Å². The second-order valence-corrected chi connectivity index (χ2v) is 7.65. The predicted octanol–water partition coefficient (Wildman–Crippen LogP) is 4.17. The lowest BCUT2D eigenvalue weighted by atomic mass is 9.95. The van der Waals surface area contributed by atoms with Crippen molar-refractivity contribution in [1.29, 1.82) is 0 Å². The van der Waals surface area contributed by atoms with Crippen LogP contribution in [-0.2, 0) is 9.53 Å². The molecule has 0 unspecified atom stereocenters. The molecule has 4 nitrogen and oxygen atoms in total. The molecule has 2 fully saturated rings. The maximum Gasteiger partial charge on any atom is 0.244 e. The summed E-state index contributed by atoms with van der Waals surface area (Å²) >= 11 is 0. The van der Waals surface area contributed by atoms with E-state index < -0.39 is 0 Å². The molecule has 1 aliphatic heterocycles. The van der Waals surface area contributed by atoms with Crippen LogP contribution in [0.5, 0.6) is 0 Å². The molecular formula is C21H32N2O2.